The molecule has 0 N–H and O–H groups in total. The van der Waals surface area contributed by atoms with Gasteiger partial charge in [-0.15, -0.1) is 0 Å². The molecule has 2 heterocycles. The smallest absolute Gasteiger partial charge is 0.143 e. The van der Waals surface area contributed by atoms with Gasteiger partial charge >= 0.3 is 0 Å². The van der Waals surface area contributed by atoms with Crippen LogP contribution in [0.4, 0.5) is 0 Å². The summed E-state index contributed by atoms with van der Waals surface area (Å²) in [6, 6.07) is 22.9. The topological polar surface area (TPSA) is 104 Å². The van der Waals surface area contributed by atoms with Crippen LogP contribution in [0.15, 0.2) is 72.8 Å². The van der Waals surface area contributed by atoms with Gasteiger partial charge in [-0.1, -0.05) is 36.4 Å². The number of methoxy groups -OCH3 is 2. The molecule has 8 nitrogen and oxygen atoms in total. The molecular weight excluding hydrogens is 516 g/mol. The van der Waals surface area contributed by atoms with Gasteiger partial charge in [0.05, 0.1) is 49.8 Å². The SMILES string of the molecule is COc1ccccc1CC(=O)Cc1ccc(C2CCC(c3ccc(CC(=O)Cc4ccccc4OC)nn3)C2)nn1. The van der Waals surface area contributed by atoms with Gasteiger partial charge in [0, 0.05) is 35.8 Å². The summed E-state index contributed by atoms with van der Waals surface area (Å²) in [5, 5.41) is 17.6. The lowest BCUT2D eigenvalue weighted by Gasteiger charge is -2.11. The van der Waals surface area contributed by atoms with E-state index < -0.39 is 0 Å². The predicted molar refractivity (Wildman–Crippen MR) is 154 cm³/mol. The Morgan fingerprint density at radius 3 is 1.44 bits per heavy atom. The number of ketones is 2. The molecule has 41 heavy (non-hydrogen) atoms. The lowest BCUT2D eigenvalue weighted by atomic mass is 9.98. The number of para-hydroxylation sites is 2. The molecule has 2 aromatic heterocycles. The third-order valence-electron chi connectivity index (χ3n) is 7.67. The highest BCUT2D eigenvalue weighted by atomic mass is 16.5. The van der Waals surface area contributed by atoms with Crippen LogP contribution in [0.3, 0.4) is 0 Å². The summed E-state index contributed by atoms with van der Waals surface area (Å²) in [7, 11) is 3.22. The number of benzene rings is 2. The third-order valence-corrected chi connectivity index (χ3v) is 7.67. The molecule has 8 heteroatoms. The molecule has 2 atom stereocenters. The lowest BCUT2D eigenvalue weighted by Crippen LogP contribution is -2.11. The molecule has 4 aromatic rings. The lowest BCUT2D eigenvalue weighted by molar-refractivity contribution is -0.118. The molecule has 1 saturated carbocycles. The van der Waals surface area contributed by atoms with Crippen molar-refractivity contribution in [1.29, 1.82) is 0 Å². The Hall–Kier alpha value is -4.46. The zero-order valence-electron chi connectivity index (χ0n) is 23.5. The number of carbonyl (C=O) groups is 2. The summed E-state index contributed by atoms with van der Waals surface area (Å²) in [5.74, 6) is 2.15. The number of hydrogen-bond donors (Lipinski definition) is 0. The number of aromatic nitrogens is 4. The summed E-state index contributed by atoms with van der Waals surface area (Å²) in [5.41, 5.74) is 4.98. The van der Waals surface area contributed by atoms with Crippen molar-refractivity contribution in [3.63, 3.8) is 0 Å². The number of nitrogens with zero attached hydrogens (tertiary/aromatic N) is 4. The number of carbonyl (C=O) groups excluding carboxylic acids is 2. The van der Waals surface area contributed by atoms with E-state index in [1.807, 2.05) is 72.8 Å². The van der Waals surface area contributed by atoms with Crippen LogP contribution >= 0.6 is 0 Å². The maximum absolute atomic E-state index is 12.6. The first-order valence-electron chi connectivity index (χ1n) is 13.9. The largest absolute Gasteiger partial charge is 0.496 e. The standard InChI is InChI=1S/C33H34N4O4/c1-40-32-9-5-3-7-24(32)18-28(38)20-26-13-15-30(36-34-26)22-11-12-23(17-22)31-16-14-27(35-37-31)21-29(39)19-25-8-4-6-10-33(25)41-2/h3-10,13-16,22-23H,11-12,17-21H2,1-2H3. The molecule has 0 radical (unpaired) electrons. The molecule has 1 aliphatic rings. The van der Waals surface area contributed by atoms with Gasteiger partial charge in [0.25, 0.3) is 0 Å². The van der Waals surface area contributed by atoms with Crippen LogP contribution in [0.25, 0.3) is 0 Å². The van der Waals surface area contributed by atoms with E-state index in [-0.39, 0.29) is 36.2 Å². The van der Waals surface area contributed by atoms with E-state index in [0.717, 1.165) is 53.3 Å². The Kier molecular flexibility index (Phi) is 9.08. The van der Waals surface area contributed by atoms with E-state index in [0.29, 0.717) is 24.2 Å². The van der Waals surface area contributed by atoms with Crippen molar-refractivity contribution in [3.8, 4) is 11.5 Å². The summed E-state index contributed by atoms with van der Waals surface area (Å²) in [6.07, 6.45) is 3.98. The molecule has 0 saturated heterocycles. The Morgan fingerprint density at radius 2 is 1.05 bits per heavy atom. The van der Waals surface area contributed by atoms with Crippen LogP contribution in [-0.2, 0) is 35.3 Å². The van der Waals surface area contributed by atoms with Gasteiger partial charge in [-0.05, 0) is 55.7 Å². The summed E-state index contributed by atoms with van der Waals surface area (Å²) in [4.78, 5) is 25.2. The molecule has 2 aromatic carbocycles. The normalized spacial score (nSPS) is 16.3. The van der Waals surface area contributed by atoms with Gasteiger partial charge in [-0.3, -0.25) is 9.59 Å². The molecule has 0 aliphatic heterocycles. The van der Waals surface area contributed by atoms with Crippen molar-refractivity contribution in [2.24, 2.45) is 0 Å². The first kappa shape index (κ1) is 28.1. The van der Waals surface area contributed by atoms with Gasteiger partial charge in [0.2, 0.25) is 0 Å². The van der Waals surface area contributed by atoms with Crippen molar-refractivity contribution in [1.82, 2.24) is 20.4 Å². The minimum atomic E-state index is 0.0704. The average molecular weight is 551 g/mol. The summed E-state index contributed by atoms with van der Waals surface area (Å²) in [6.45, 7) is 0. The number of ether oxygens (including phenoxy) is 2. The zero-order chi connectivity index (χ0) is 28.6. The number of rotatable bonds is 12. The Bertz CT molecular complexity index is 1380. The second kappa shape index (κ2) is 13.3. The van der Waals surface area contributed by atoms with E-state index in [9.17, 15) is 9.59 Å². The van der Waals surface area contributed by atoms with Crippen molar-refractivity contribution in [2.75, 3.05) is 14.2 Å². The molecule has 2 unspecified atom stereocenters. The molecule has 5 rings (SSSR count). The molecule has 210 valence electrons. The maximum Gasteiger partial charge on any atom is 0.143 e. The van der Waals surface area contributed by atoms with Gasteiger partial charge in [0.15, 0.2) is 0 Å². The van der Waals surface area contributed by atoms with Crippen molar-refractivity contribution in [2.45, 2.75) is 56.8 Å². The van der Waals surface area contributed by atoms with Crippen molar-refractivity contribution in [3.05, 3.63) is 107 Å². The van der Waals surface area contributed by atoms with Crippen LogP contribution in [-0.4, -0.2) is 46.2 Å². The predicted octanol–water partition coefficient (Wildman–Crippen LogP) is 5.04. The minimum absolute atomic E-state index is 0.0704. The second-order valence-electron chi connectivity index (χ2n) is 10.5. The molecule has 0 amide bonds. The fourth-order valence-electron chi connectivity index (χ4n) is 5.54. The first-order valence-corrected chi connectivity index (χ1v) is 13.9. The van der Waals surface area contributed by atoms with E-state index in [1.54, 1.807) is 14.2 Å². The van der Waals surface area contributed by atoms with Crippen LogP contribution in [0, 0.1) is 0 Å². The van der Waals surface area contributed by atoms with E-state index in [1.165, 1.54) is 0 Å². The van der Waals surface area contributed by atoms with Crippen molar-refractivity contribution < 1.29 is 19.1 Å². The highest BCUT2D eigenvalue weighted by molar-refractivity contribution is 5.83. The Morgan fingerprint density at radius 1 is 0.610 bits per heavy atom. The van der Waals surface area contributed by atoms with Gasteiger partial charge in [0.1, 0.15) is 23.1 Å². The highest BCUT2D eigenvalue weighted by Crippen LogP contribution is 2.42. The third kappa shape index (κ3) is 7.20. The van der Waals surface area contributed by atoms with Gasteiger partial charge in [-0.2, -0.15) is 20.4 Å². The molecule has 0 spiro atoms. The first-order chi connectivity index (χ1) is 20.0. The monoisotopic (exact) mass is 550 g/mol. The Labute approximate surface area is 240 Å². The fraction of sp³-hybridized carbons (Fsp3) is 0.333. The number of Topliss-reactive ketones (excluding diaryl/α,β-unsaturated/α-hetero) is 2. The number of hydrogen-bond acceptors (Lipinski definition) is 8. The van der Waals surface area contributed by atoms with Gasteiger partial charge in [-0.25, -0.2) is 0 Å². The van der Waals surface area contributed by atoms with Crippen LogP contribution < -0.4 is 9.47 Å². The fourth-order valence-corrected chi connectivity index (χ4v) is 5.54. The summed E-state index contributed by atoms with van der Waals surface area (Å²) < 4.78 is 10.7. The van der Waals surface area contributed by atoms with E-state index in [4.69, 9.17) is 9.47 Å². The van der Waals surface area contributed by atoms with Crippen LogP contribution in [0.1, 0.15) is 65.0 Å². The molecule has 1 fully saturated rings. The second-order valence-corrected chi connectivity index (χ2v) is 10.5. The van der Waals surface area contributed by atoms with Crippen LogP contribution in [0.5, 0.6) is 11.5 Å². The summed E-state index contributed by atoms with van der Waals surface area (Å²) >= 11 is 0. The maximum atomic E-state index is 12.6. The average Bonchev–Trinajstić information content (AvgIpc) is 3.49. The molecule has 1 aliphatic carbocycles. The Balaban J connectivity index is 1.12. The van der Waals surface area contributed by atoms with Crippen LogP contribution in [0.2, 0.25) is 0 Å². The van der Waals surface area contributed by atoms with Gasteiger partial charge < -0.3 is 9.47 Å². The van der Waals surface area contributed by atoms with E-state index >= 15 is 0 Å². The highest BCUT2D eigenvalue weighted by Gasteiger charge is 2.29. The minimum Gasteiger partial charge on any atom is -0.496 e. The quantitative estimate of drug-likeness (QED) is 0.242. The van der Waals surface area contributed by atoms with E-state index in [2.05, 4.69) is 20.4 Å². The molecule has 0 bridgehead atoms. The zero-order valence-corrected chi connectivity index (χ0v) is 23.5. The molecular formula is C33H34N4O4. The van der Waals surface area contributed by atoms with Crippen molar-refractivity contribution >= 4 is 11.6 Å².